The Kier molecular flexibility index (Phi) is 5.54. The average Bonchev–Trinajstić information content (AvgIpc) is 3.30. The lowest BCUT2D eigenvalue weighted by atomic mass is 10.1. The Morgan fingerprint density at radius 2 is 2.34 bits per heavy atom. The zero-order valence-corrected chi connectivity index (χ0v) is 16.9. The fraction of sp³-hybridized carbons (Fsp3) is 0.333. The molecule has 9 nitrogen and oxygen atoms in total. The summed E-state index contributed by atoms with van der Waals surface area (Å²) in [5.74, 6) is 0.688. The van der Waals surface area contributed by atoms with Crippen LogP contribution in [0.4, 0.5) is 9.59 Å². The molecule has 1 aliphatic heterocycles. The Hall–Kier alpha value is -2.85. The number of alkyl carbamates (subject to hydrolysis) is 1. The number of hydrogen-bond acceptors (Lipinski definition) is 8. The number of carbonyl (C=O) groups is 2. The first-order valence-electron chi connectivity index (χ1n) is 8.86. The molecular weight excluding hydrogens is 420 g/mol. The molecule has 0 aromatic carbocycles. The van der Waals surface area contributed by atoms with Gasteiger partial charge in [-0.15, -0.1) is 11.3 Å². The first kappa shape index (κ1) is 19.5. The Balaban J connectivity index is 1.54. The van der Waals surface area contributed by atoms with E-state index in [1.165, 1.54) is 17.6 Å². The molecule has 0 aliphatic carbocycles. The van der Waals surface area contributed by atoms with Crippen LogP contribution in [0.3, 0.4) is 0 Å². The van der Waals surface area contributed by atoms with E-state index in [0.717, 1.165) is 10.4 Å². The lowest BCUT2D eigenvalue weighted by Gasteiger charge is -2.22. The van der Waals surface area contributed by atoms with Gasteiger partial charge < -0.3 is 24.5 Å². The summed E-state index contributed by atoms with van der Waals surface area (Å²) in [6.07, 6.45) is 1.75. The first-order chi connectivity index (χ1) is 14.0. The highest BCUT2D eigenvalue weighted by molar-refractivity contribution is 7.19. The second kappa shape index (κ2) is 8.26. The van der Waals surface area contributed by atoms with Crippen molar-refractivity contribution in [2.45, 2.75) is 32.4 Å². The van der Waals surface area contributed by atoms with Crippen LogP contribution in [-0.2, 0) is 17.7 Å². The van der Waals surface area contributed by atoms with Gasteiger partial charge in [0.05, 0.1) is 24.9 Å². The van der Waals surface area contributed by atoms with E-state index in [1.54, 1.807) is 12.1 Å². The Morgan fingerprint density at radius 3 is 3.10 bits per heavy atom. The van der Waals surface area contributed by atoms with Crippen LogP contribution >= 0.6 is 22.9 Å². The standard InChI is InChI=1S/C18H17ClN4O5S/c1-9-12(7-10-4-6-27-18(25)21-10)29-14-13(9)22-16(19)23-15(14)28-17(24)20-8-11-3-2-5-26-11/h2-3,5,10H,4,6-8H2,1H3,(H,20,24)(H,21,25)/t10-/m0/s1. The number of fused-ring (bicyclic) bond motifs is 1. The van der Waals surface area contributed by atoms with Crippen molar-refractivity contribution < 1.29 is 23.5 Å². The quantitative estimate of drug-likeness (QED) is 0.587. The fourth-order valence-electron chi connectivity index (χ4n) is 2.99. The monoisotopic (exact) mass is 436 g/mol. The summed E-state index contributed by atoms with van der Waals surface area (Å²) >= 11 is 7.45. The van der Waals surface area contributed by atoms with Crippen molar-refractivity contribution in [3.8, 4) is 5.88 Å². The summed E-state index contributed by atoms with van der Waals surface area (Å²) in [7, 11) is 0. The van der Waals surface area contributed by atoms with Gasteiger partial charge in [0, 0.05) is 23.8 Å². The maximum atomic E-state index is 12.2. The molecule has 3 aromatic rings. The van der Waals surface area contributed by atoms with Crippen molar-refractivity contribution in [3.05, 3.63) is 39.9 Å². The van der Waals surface area contributed by atoms with Crippen molar-refractivity contribution in [1.82, 2.24) is 20.6 Å². The normalized spacial score (nSPS) is 16.3. The van der Waals surface area contributed by atoms with Gasteiger partial charge in [-0.05, 0) is 36.2 Å². The van der Waals surface area contributed by atoms with E-state index in [4.69, 9.17) is 25.5 Å². The lowest BCUT2D eigenvalue weighted by Crippen LogP contribution is -2.42. The second-order valence-electron chi connectivity index (χ2n) is 6.42. The summed E-state index contributed by atoms with van der Waals surface area (Å²) in [5, 5.41) is 5.38. The van der Waals surface area contributed by atoms with Crippen LogP contribution in [0.5, 0.6) is 5.88 Å². The number of carbonyl (C=O) groups excluding carboxylic acids is 2. The number of nitrogens with zero attached hydrogens (tertiary/aromatic N) is 2. The zero-order chi connectivity index (χ0) is 20.4. The molecule has 2 N–H and O–H groups in total. The third-order valence-corrected chi connectivity index (χ3v) is 5.90. The molecule has 4 heterocycles. The molecule has 4 rings (SSSR count). The first-order valence-corrected chi connectivity index (χ1v) is 10.1. The minimum Gasteiger partial charge on any atom is -0.467 e. The molecule has 3 aromatic heterocycles. The van der Waals surface area contributed by atoms with Crippen molar-refractivity contribution >= 4 is 45.3 Å². The number of ether oxygens (including phenoxy) is 2. The molecule has 2 amide bonds. The SMILES string of the molecule is Cc1c(C[C@@H]2CCOC(=O)N2)sc2c(OC(=O)NCc3ccco3)nc(Cl)nc12. The Morgan fingerprint density at radius 1 is 1.48 bits per heavy atom. The summed E-state index contributed by atoms with van der Waals surface area (Å²) in [5.41, 5.74) is 1.54. The third kappa shape index (κ3) is 4.43. The molecule has 11 heteroatoms. The molecule has 1 aliphatic rings. The number of cyclic esters (lactones) is 1. The van der Waals surface area contributed by atoms with Crippen molar-refractivity contribution in [2.75, 3.05) is 6.61 Å². The second-order valence-corrected chi connectivity index (χ2v) is 7.86. The van der Waals surface area contributed by atoms with Crippen molar-refractivity contribution in [3.63, 3.8) is 0 Å². The van der Waals surface area contributed by atoms with Crippen LogP contribution in [0.15, 0.2) is 22.8 Å². The van der Waals surface area contributed by atoms with Gasteiger partial charge in [0.2, 0.25) is 11.2 Å². The van der Waals surface area contributed by atoms with Crippen LogP contribution in [0.1, 0.15) is 22.6 Å². The van der Waals surface area contributed by atoms with E-state index in [0.29, 0.717) is 35.4 Å². The largest absolute Gasteiger partial charge is 0.467 e. The van der Waals surface area contributed by atoms with Gasteiger partial charge in [-0.25, -0.2) is 14.6 Å². The number of thiophene rings is 1. The topological polar surface area (TPSA) is 116 Å². The fourth-order valence-corrected chi connectivity index (χ4v) is 4.41. The molecule has 0 unspecified atom stereocenters. The van der Waals surface area contributed by atoms with Gasteiger partial charge in [-0.1, -0.05) is 0 Å². The van der Waals surface area contributed by atoms with Gasteiger partial charge in [-0.3, -0.25) is 0 Å². The Labute approximate surface area is 174 Å². The van der Waals surface area contributed by atoms with Gasteiger partial charge in [0.25, 0.3) is 0 Å². The molecule has 1 saturated heterocycles. The van der Waals surface area contributed by atoms with E-state index in [-0.39, 0.29) is 23.8 Å². The summed E-state index contributed by atoms with van der Waals surface area (Å²) < 4.78 is 16.1. The van der Waals surface area contributed by atoms with E-state index in [1.807, 2.05) is 6.92 Å². The number of halogens is 1. The van der Waals surface area contributed by atoms with Gasteiger partial charge >= 0.3 is 12.2 Å². The van der Waals surface area contributed by atoms with Crippen LogP contribution in [0, 0.1) is 6.92 Å². The summed E-state index contributed by atoms with van der Waals surface area (Å²) in [6, 6.07) is 3.43. The molecular formula is C18H17ClN4O5S. The maximum absolute atomic E-state index is 12.2. The molecule has 1 fully saturated rings. The molecule has 0 bridgehead atoms. The minimum absolute atomic E-state index is 0.0156. The van der Waals surface area contributed by atoms with E-state index >= 15 is 0 Å². The predicted molar refractivity (Wildman–Crippen MR) is 105 cm³/mol. The maximum Gasteiger partial charge on any atom is 0.414 e. The van der Waals surface area contributed by atoms with Crippen LogP contribution in [0.25, 0.3) is 10.2 Å². The van der Waals surface area contributed by atoms with Crippen LogP contribution in [-0.4, -0.2) is 34.8 Å². The average molecular weight is 437 g/mol. The minimum atomic E-state index is -0.679. The number of nitrogens with one attached hydrogen (secondary N) is 2. The molecule has 152 valence electrons. The number of furan rings is 1. The van der Waals surface area contributed by atoms with E-state index in [2.05, 4.69) is 20.6 Å². The number of amides is 2. The molecule has 0 saturated carbocycles. The highest BCUT2D eigenvalue weighted by atomic mass is 35.5. The van der Waals surface area contributed by atoms with E-state index in [9.17, 15) is 9.59 Å². The zero-order valence-electron chi connectivity index (χ0n) is 15.4. The number of aryl methyl sites for hydroxylation is 1. The van der Waals surface area contributed by atoms with Crippen LogP contribution in [0.2, 0.25) is 5.28 Å². The van der Waals surface area contributed by atoms with Gasteiger partial charge in [0.1, 0.15) is 10.5 Å². The van der Waals surface area contributed by atoms with Crippen molar-refractivity contribution in [1.29, 1.82) is 0 Å². The van der Waals surface area contributed by atoms with Gasteiger partial charge in [-0.2, -0.15) is 4.98 Å². The molecule has 0 spiro atoms. The van der Waals surface area contributed by atoms with Crippen molar-refractivity contribution in [2.24, 2.45) is 0 Å². The van der Waals surface area contributed by atoms with E-state index < -0.39 is 12.2 Å². The lowest BCUT2D eigenvalue weighted by molar-refractivity contribution is 0.115. The highest BCUT2D eigenvalue weighted by Gasteiger charge is 2.24. The summed E-state index contributed by atoms with van der Waals surface area (Å²) in [4.78, 5) is 33.0. The molecule has 29 heavy (non-hydrogen) atoms. The Bertz CT molecular complexity index is 1050. The van der Waals surface area contributed by atoms with Gasteiger partial charge in [0.15, 0.2) is 0 Å². The number of rotatable bonds is 5. The molecule has 1 atom stereocenters. The summed E-state index contributed by atoms with van der Waals surface area (Å²) in [6.45, 7) is 2.49. The molecule has 0 radical (unpaired) electrons. The number of hydrogen-bond donors (Lipinski definition) is 2. The highest BCUT2D eigenvalue weighted by Crippen LogP contribution is 2.36. The predicted octanol–water partition coefficient (Wildman–Crippen LogP) is 3.58. The third-order valence-electron chi connectivity index (χ3n) is 4.44. The number of aromatic nitrogens is 2. The van der Waals surface area contributed by atoms with Crippen LogP contribution < -0.4 is 15.4 Å². The smallest absolute Gasteiger partial charge is 0.414 e.